The molecule has 12 nitrogen and oxygen atoms in total. The summed E-state index contributed by atoms with van der Waals surface area (Å²) in [5.41, 5.74) is 5.47. The first-order valence-corrected chi connectivity index (χ1v) is 8.66. The Labute approximate surface area is 161 Å². The van der Waals surface area contributed by atoms with E-state index in [4.69, 9.17) is 21.1 Å². The summed E-state index contributed by atoms with van der Waals surface area (Å²) in [5.74, 6) is -5.83. The summed E-state index contributed by atoms with van der Waals surface area (Å²) < 4.78 is 0. The Bertz CT molecular complexity index is 595. The lowest BCUT2D eigenvalue weighted by atomic mass is 9.97. The summed E-state index contributed by atoms with van der Waals surface area (Å²) in [6.45, 7) is 3.94. The zero-order chi connectivity index (χ0) is 22.0. The molecule has 0 aliphatic rings. The summed E-state index contributed by atoms with van der Waals surface area (Å²) >= 11 is 0. The van der Waals surface area contributed by atoms with Crippen LogP contribution in [0.2, 0.25) is 0 Å². The standard InChI is InChI=1S/C16H28N4O8/c1-4-7(2)12(20-13(24)8(3)17)15(26)18-9(5-11(22)23)14(25)19-10(6-21)16(27)28/h7-10,12,21H,4-6,17H2,1-3H3,(H,18,26)(H,19,25)(H,20,24)(H,22,23)(H,27,28). The van der Waals surface area contributed by atoms with Crippen molar-refractivity contribution in [1.82, 2.24) is 16.0 Å². The van der Waals surface area contributed by atoms with Crippen molar-refractivity contribution in [2.75, 3.05) is 6.61 Å². The summed E-state index contributed by atoms with van der Waals surface area (Å²) in [6.07, 6.45) is -0.345. The van der Waals surface area contributed by atoms with Crippen LogP contribution in [-0.4, -0.2) is 75.8 Å². The van der Waals surface area contributed by atoms with Crippen molar-refractivity contribution in [3.05, 3.63) is 0 Å². The molecule has 0 saturated carbocycles. The summed E-state index contributed by atoms with van der Waals surface area (Å²) in [6, 6.07) is -5.25. The van der Waals surface area contributed by atoms with Gasteiger partial charge in [-0.3, -0.25) is 19.2 Å². The van der Waals surface area contributed by atoms with Gasteiger partial charge in [0.2, 0.25) is 17.7 Å². The Morgan fingerprint density at radius 2 is 1.43 bits per heavy atom. The third kappa shape index (κ3) is 8.31. The van der Waals surface area contributed by atoms with Crippen LogP contribution in [0, 0.1) is 5.92 Å². The largest absolute Gasteiger partial charge is 0.481 e. The van der Waals surface area contributed by atoms with Crippen molar-refractivity contribution < 1.29 is 39.3 Å². The molecule has 12 heteroatoms. The Morgan fingerprint density at radius 3 is 1.82 bits per heavy atom. The van der Waals surface area contributed by atoms with Gasteiger partial charge in [0.15, 0.2) is 0 Å². The van der Waals surface area contributed by atoms with Crippen molar-refractivity contribution in [1.29, 1.82) is 0 Å². The molecule has 0 saturated heterocycles. The van der Waals surface area contributed by atoms with E-state index in [0.717, 1.165) is 0 Å². The van der Waals surface area contributed by atoms with Crippen LogP contribution in [0.15, 0.2) is 0 Å². The molecule has 160 valence electrons. The quantitative estimate of drug-likeness (QED) is 0.181. The number of hydrogen-bond acceptors (Lipinski definition) is 7. The Balaban J connectivity index is 5.42. The van der Waals surface area contributed by atoms with Gasteiger partial charge in [-0.15, -0.1) is 0 Å². The van der Waals surface area contributed by atoms with E-state index in [1.165, 1.54) is 6.92 Å². The van der Waals surface area contributed by atoms with Gasteiger partial charge < -0.3 is 37.0 Å². The van der Waals surface area contributed by atoms with E-state index in [2.05, 4.69) is 10.6 Å². The number of carbonyl (C=O) groups is 5. The molecule has 5 atom stereocenters. The van der Waals surface area contributed by atoms with Crippen molar-refractivity contribution in [3.63, 3.8) is 0 Å². The molecule has 3 amide bonds. The van der Waals surface area contributed by atoms with Crippen LogP contribution in [0.25, 0.3) is 0 Å². The minimum atomic E-state index is -1.66. The van der Waals surface area contributed by atoms with Crippen LogP contribution in [0.5, 0.6) is 0 Å². The molecule has 0 aromatic rings. The predicted molar refractivity (Wildman–Crippen MR) is 95.9 cm³/mol. The fourth-order valence-electron chi connectivity index (χ4n) is 2.09. The molecule has 0 aliphatic carbocycles. The molecule has 0 radical (unpaired) electrons. The predicted octanol–water partition coefficient (Wildman–Crippen LogP) is -2.61. The molecular weight excluding hydrogens is 376 g/mol. The van der Waals surface area contributed by atoms with Crippen molar-refractivity contribution in [3.8, 4) is 0 Å². The fraction of sp³-hybridized carbons (Fsp3) is 0.688. The summed E-state index contributed by atoms with van der Waals surface area (Å²) in [5, 5.41) is 33.4. The highest BCUT2D eigenvalue weighted by molar-refractivity contribution is 5.95. The van der Waals surface area contributed by atoms with E-state index in [1.807, 2.05) is 5.32 Å². The monoisotopic (exact) mass is 404 g/mol. The van der Waals surface area contributed by atoms with Gasteiger partial charge in [-0.2, -0.15) is 0 Å². The van der Waals surface area contributed by atoms with Gasteiger partial charge in [0.1, 0.15) is 18.1 Å². The third-order valence-electron chi connectivity index (χ3n) is 4.02. The highest BCUT2D eigenvalue weighted by Crippen LogP contribution is 2.09. The minimum Gasteiger partial charge on any atom is -0.481 e. The molecule has 0 rings (SSSR count). The number of aliphatic hydroxyl groups excluding tert-OH is 1. The van der Waals surface area contributed by atoms with Crippen molar-refractivity contribution in [2.45, 2.75) is 57.8 Å². The fourth-order valence-corrected chi connectivity index (χ4v) is 2.09. The minimum absolute atomic E-state index is 0.361. The Hall–Kier alpha value is -2.73. The Kier molecular flexibility index (Phi) is 10.7. The number of amides is 3. The van der Waals surface area contributed by atoms with Crippen molar-refractivity contribution in [2.24, 2.45) is 11.7 Å². The molecule has 0 fully saturated rings. The normalized spacial score (nSPS) is 16.0. The molecule has 8 N–H and O–H groups in total. The van der Waals surface area contributed by atoms with Gasteiger partial charge in [-0.05, 0) is 12.8 Å². The molecule has 0 spiro atoms. The number of carboxylic acid groups (broad SMARTS) is 2. The second-order valence-electron chi connectivity index (χ2n) is 6.40. The molecule has 5 unspecified atom stereocenters. The number of nitrogens with one attached hydrogen (secondary N) is 3. The number of aliphatic hydroxyl groups is 1. The van der Waals surface area contributed by atoms with Crippen molar-refractivity contribution >= 4 is 29.7 Å². The lowest BCUT2D eigenvalue weighted by Crippen LogP contribution is -2.59. The SMILES string of the molecule is CCC(C)C(NC(=O)C(C)N)C(=O)NC(CC(=O)O)C(=O)NC(CO)C(=O)O. The first kappa shape index (κ1) is 25.3. The zero-order valence-electron chi connectivity index (χ0n) is 16.0. The number of carbonyl (C=O) groups excluding carboxylic acids is 3. The number of aliphatic carboxylic acids is 2. The second kappa shape index (κ2) is 11.9. The first-order chi connectivity index (χ1) is 12.9. The lowest BCUT2D eigenvalue weighted by Gasteiger charge is -2.27. The molecule has 0 bridgehead atoms. The molecule has 0 aromatic carbocycles. The zero-order valence-corrected chi connectivity index (χ0v) is 16.0. The Morgan fingerprint density at radius 1 is 0.893 bits per heavy atom. The van der Waals surface area contributed by atoms with Gasteiger partial charge in [0.25, 0.3) is 0 Å². The topological polar surface area (TPSA) is 208 Å². The third-order valence-corrected chi connectivity index (χ3v) is 4.02. The molecule has 0 aromatic heterocycles. The number of rotatable bonds is 12. The number of hydrogen-bond donors (Lipinski definition) is 7. The molecular formula is C16H28N4O8. The first-order valence-electron chi connectivity index (χ1n) is 8.66. The maximum Gasteiger partial charge on any atom is 0.328 e. The highest BCUT2D eigenvalue weighted by Gasteiger charge is 2.32. The average molecular weight is 404 g/mol. The maximum absolute atomic E-state index is 12.6. The molecule has 0 aliphatic heterocycles. The summed E-state index contributed by atoms with van der Waals surface area (Å²) in [4.78, 5) is 58.6. The smallest absolute Gasteiger partial charge is 0.328 e. The highest BCUT2D eigenvalue weighted by atomic mass is 16.4. The number of nitrogens with two attached hydrogens (primary N) is 1. The summed E-state index contributed by atoms with van der Waals surface area (Å²) in [7, 11) is 0. The van der Waals surface area contributed by atoms with Gasteiger partial charge in [0.05, 0.1) is 19.1 Å². The van der Waals surface area contributed by atoms with E-state index in [9.17, 15) is 24.0 Å². The maximum atomic E-state index is 12.6. The van der Waals surface area contributed by atoms with Gasteiger partial charge >= 0.3 is 11.9 Å². The van der Waals surface area contributed by atoms with Gasteiger partial charge in [-0.25, -0.2) is 4.79 Å². The van der Waals surface area contributed by atoms with Crippen LogP contribution >= 0.6 is 0 Å². The van der Waals surface area contributed by atoms with Crippen LogP contribution in [0.4, 0.5) is 0 Å². The van der Waals surface area contributed by atoms with E-state index in [0.29, 0.717) is 6.42 Å². The van der Waals surface area contributed by atoms with Gasteiger partial charge in [-0.1, -0.05) is 20.3 Å². The van der Waals surface area contributed by atoms with Crippen LogP contribution in [0.3, 0.4) is 0 Å². The number of carboxylic acids is 2. The van der Waals surface area contributed by atoms with E-state index >= 15 is 0 Å². The van der Waals surface area contributed by atoms with E-state index < -0.39 is 66.9 Å². The second-order valence-corrected chi connectivity index (χ2v) is 6.40. The lowest BCUT2D eigenvalue weighted by molar-refractivity contribution is -0.144. The van der Waals surface area contributed by atoms with Crippen LogP contribution in [-0.2, 0) is 24.0 Å². The van der Waals surface area contributed by atoms with Crippen LogP contribution in [0.1, 0.15) is 33.6 Å². The van der Waals surface area contributed by atoms with Crippen LogP contribution < -0.4 is 21.7 Å². The van der Waals surface area contributed by atoms with Gasteiger partial charge in [0, 0.05) is 0 Å². The van der Waals surface area contributed by atoms with E-state index in [-0.39, 0.29) is 5.92 Å². The molecule has 28 heavy (non-hydrogen) atoms. The molecule has 0 heterocycles. The van der Waals surface area contributed by atoms with E-state index in [1.54, 1.807) is 13.8 Å². The average Bonchev–Trinajstić information content (AvgIpc) is 2.61.